The lowest BCUT2D eigenvalue weighted by molar-refractivity contribution is -0.121. The molecule has 0 spiro atoms. The fraction of sp³-hybridized carbons (Fsp3) is 0.357. The molecule has 1 aromatic carbocycles. The molecule has 0 aromatic heterocycles. The van der Waals surface area contributed by atoms with Gasteiger partial charge < -0.3 is 10.5 Å². The van der Waals surface area contributed by atoms with Gasteiger partial charge in [-0.1, -0.05) is 30.3 Å². The molecule has 0 fully saturated rings. The van der Waals surface area contributed by atoms with Crippen molar-refractivity contribution in [2.75, 3.05) is 6.61 Å². The normalized spacial score (nSPS) is 11.8. The van der Waals surface area contributed by atoms with Crippen molar-refractivity contribution >= 4 is 5.78 Å². The second kappa shape index (κ2) is 7.61. The lowest BCUT2D eigenvalue weighted by Crippen LogP contribution is -2.30. The zero-order valence-corrected chi connectivity index (χ0v) is 9.76. The molecule has 17 heavy (non-hydrogen) atoms. The summed E-state index contributed by atoms with van der Waals surface area (Å²) in [6, 6.07) is 9.25. The van der Waals surface area contributed by atoms with Gasteiger partial charge in [-0.15, -0.1) is 12.3 Å². The SMILES string of the molecule is C#CCC(N)C(=O)CCOCc1ccccc1. The number of carbonyl (C=O) groups excluding carboxylic acids is 1. The van der Waals surface area contributed by atoms with E-state index in [1.54, 1.807) is 0 Å². The Labute approximate surface area is 102 Å². The number of terminal acetylenes is 1. The van der Waals surface area contributed by atoms with Gasteiger partial charge in [0, 0.05) is 12.8 Å². The van der Waals surface area contributed by atoms with Crippen LogP contribution in [-0.2, 0) is 16.1 Å². The molecule has 2 N–H and O–H groups in total. The van der Waals surface area contributed by atoms with E-state index in [2.05, 4.69) is 5.92 Å². The number of benzene rings is 1. The fourth-order valence-electron chi connectivity index (χ4n) is 1.36. The molecule has 1 aromatic rings. The lowest BCUT2D eigenvalue weighted by Gasteiger charge is -2.07. The molecule has 0 saturated carbocycles. The summed E-state index contributed by atoms with van der Waals surface area (Å²) >= 11 is 0. The molecule has 3 nitrogen and oxygen atoms in total. The first-order valence-electron chi connectivity index (χ1n) is 5.57. The number of ketones is 1. The van der Waals surface area contributed by atoms with Crippen LogP contribution in [0, 0.1) is 12.3 Å². The second-order valence-electron chi connectivity index (χ2n) is 3.77. The Kier molecular flexibility index (Phi) is 6.02. The number of nitrogens with two attached hydrogens (primary N) is 1. The third-order valence-corrected chi connectivity index (χ3v) is 2.36. The van der Waals surface area contributed by atoms with Crippen LogP contribution in [0.15, 0.2) is 30.3 Å². The van der Waals surface area contributed by atoms with Crippen molar-refractivity contribution in [2.24, 2.45) is 5.73 Å². The van der Waals surface area contributed by atoms with Gasteiger partial charge in [0.15, 0.2) is 5.78 Å². The average Bonchev–Trinajstić information content (AvgIpc) is 2.36. The molecule has 0 aliphatic heterocycles. The largest absolute Gasteiger partial charge is 0.376 e. The van der Waals surface area contributed by atoms with Crippen LogP contribution in [0.1, 0.15) is 18.4 Å². The Morgan fingerprint density at radius 2 is 2.12 bits per heavy atom. The molecule has 0 saturated heterocycles. The van der Waals surface area contributed by atoms with E-state index in [1.807, 2.05) is 30.3 Å². The number of Topliss-reactive ketones (excluding diaryl/α,β-unsaturated/α-hetero) is 1. The maximum absolute atomic E-state index is 11.4. The number of hydrogen-bond acceptors (Lipinski definition) is 3. The zero-order chi connectivity index (χ0) is 12.5. The van der Waals surface area contributed by atoms with Crippen molar-refractivity contribution in [3.8, 4) is 12.3 Å². The van der Waals surface area contributed by atoms with E-state index in [0.717, 1.165) is 5.56 Å². The minimum Gasteiger partial charge on any atom is -0.376 e. The Morgan fingerprint density at radius 3 is 2.76 bits per heavy atom. The molecule has 0 aliphatic carbocycles. The molecule has 0 heterocycles. The van der Waals surface area contributed by atoms with Crippen molar-refractivity contribution in [1.29, 1.82) is 0 Å². The van der Waals surface area contributed by atoms with E-state index in [-0.39, 0.29) is 12.2 Å². The van der Waals surface area contributed by atoms with Crippen molar-refractivity contribution in [1.82, 2.24) is 0 Å². The number of hydrogen-bond donors (Lipinski definition) is 1. The van der Waals surface area contributed by atoms with E-state index in [9.17, 15) is 4.79 Å². The molecular formula is C14H17NO2. The number of ether oxygens (including phenoxy) is 1. The van der Waals surface area contributed by atoms with E-state index >= 15 is 0 Å². The molecule has 3 heteroatoms. The van der Waals surface area contributed by atoms with Crippen LogP contribution in [0.4, 0.5) is 0 Å². The van der Waals surface area contributed by atoms with Crippen molar-refractivity contribution < 1.29 is 9.53 Å². The highest BCUT2D eigenvalue weighted by Crippen LogP contribution is 2.01. The van der Waals surface area contributed by atoms with Crippen LogP contribution in [0.2, 0.25) is 0 Å². The van der Waals surface area contributed by atoms with Gasteiger partial charge in [-0.2, -0.15) is 0 Å². The summed E-state index contributed by atoms with van der Waals surface area (Å²) in [5.74, 6) is 2.33. The number of rotatable bonds is 7. The summed E-state index contributed by atoms with van der Waals surface area (Å²) in [5.41, 5.74) is 6.66. The minimum atomic E-state index is -0.555. The predicted octanol–water partition coefficient (Wildman–Crippen LogP) is 1.51. The summed E-state index contributed by atoms with van der Waals surface area (Å²) in [6.45, 7) is 0.893. The van der Waals surface area contributed by atoms with E-state index < -0.39 is 6.04 Å². The molecule has 0 aliphatic rings. The van der Waals surface area contributed by atoms with Crippen LogP contribution >= 0.6 is 0 Å². The van der Waals surface area contributed by atoms with Gasteiger partial charge >= 0.3 is 0 Å². The Morgan fingerprint density at radius 1 is 1.41 bits per heavy atom. The average molecular weight is 231 g/mol. The molecule has 0 amide bonds. The molecule has 1 unspecified atom stereocenters. The zero-order valence-electron chi connectivity index (χ0n) is 9.76. The van der Waals surface area contributed by atoms with Gasteiger partial charge in [0.05, 0.1) is 19.3 Å². The third-order valence-electron chi connectivity index (χ3n) is 2.36. The maximum atomic E-state index is 11.4. The summed E-state index contributed by atoms with van der Waals surface area (Å²) < 4.78 is 5.39. The first-order chi connectivity index (χ1) is 8.24. The molecule has 0 bridgehead atoms. The van der Waals surface area contributed by atoms with E-state index in [0.29, 0.717) is 19.6 Å². The topological polar surface area (TPSA) is 52.3 Å². The van der Waals surface area contributed by atoms with Gasteiger partial charge in [0.1, 0.15) is 0 Å². The quantitative estimate of drug-likeness (QED) is 0.571. The summed E-state index contributed by atoms with van der Waals surface area (Å²) in [6.07, 6.45) is 5.69. The predicted molar refractivity (Wildman–Crippen MR) is 67.1 cm³/mol. The maximum Gasteiger partial charge on any atom is 0.152 e. The van der Waals surface area contributed by atoms with Gasteiger partial charge in [-0.3, -0.25) is 4.79 Å². The van der Waals surface area contributed by atoms with Crippen molar-refractivity contribution in [3.05, 3.63) is 35.9 Å². The first-order valence-corrected chi connectivity index (χ1v) is 5.57. The Hall–Kier alpha value is -1.63. The Bertz CT molecular complexity index is 381. The molecule has 1 rings (SSSR count). The van der Waals surface area contributed by atoms with Crippen LogP contribution in [-0.4, -0.2) is 18.4 Å². The van der Waals surface area contributed by atoms with E-state index in [4.69, 9.17) is 16.9 Å². The first kappa shape index (κ1) is 13.4. The third kappa shape index (κ3) is 5.30. The van der Waals surface area contributed by atoms with Crippen molar-refractivity contribution in [3.63, 3.8) is 0 Å². The fourth-order valence-corrected chi connectivity index (χ4v) is 1.36. The number of carbonyl (C=O) groups is 1. The van der Waals surface area contributed by atoms with Gasteiger partial charge in [0.25, 0.3) is 0 Å². The molecule has 0 radical (unpaired) electrons. The Balaban J connectivity index is 2.17. The van der Waals surface area contributed by atoms with Crippen LogP contribution in [0.5, 0.6) is 0 Å². The highest BCUT2D eigenvalue weighted by molar-refractivity contribution is 5.84. The minimum absolute atomic E-state index is 0.0454. The van der Waals surface area contributed by atoms with Crippen LogP contribution in [0.25, 0.3) is 0 Å². The summed E-state index contributed by atoms with van der Waals surface area (Å²) in [5, 5.41) is 0. The van der Waals surface area contributed by atoms with Crippen LogP contribution in [0.3, 0.4) is 0 Å². The monoisotopic (exact) mass is 231 g/mol. The van der Waals surface area contributed by atoms with Gasteiger partial charge in [-0.05, 0) is 5.56 Å². The van der Waals surface area contributed by atoms with E-state index in [1.165, 1.54) is 0 Å². The molecule has 1 atom stereocenters. The highest BCUT2D eigenvalue weighted by Gasteiger charge is 2.11. The summed E-state index contributed by atoms with van der Waals surface area (Å²) in [7, 11) is 0. The smallest absolute Gasteiger partial charge is 0.152 e. The highest BCUT2D eigenvalue weighted by atomic mass is 16.5. The summed E-state index contributed by atoms with van der Waals surface area (Å²) in [4.78, 5) is 11.4. The molecular weight excluding hydrogens is 214 g/mol. The molecule has 90 valence electrons. The second-order valence-corrected chi connectivity index (χ2v) is 3.77. The standard InChI is InChI=1S/C14H17NO2/c1-2-6-13(15)14(16)9-10-17-11-12-7-4-3-5-8-12/h1,3-5,7-8,13H,6,9-11,15H2. The lowest BCUT2D eigenvalue weighted by atomic mass is 10.1. The van der Waals surface area contributed by atoms with Gasteiger partial charge in [0.2, 0.25) is 0 Å². The van der Waals surface area contributed by atoms with Crippen LogP contribution < -0.4 is 5.73 Å². The van der Waals surface area contributed by atoms with Gasteiger partial charge in [-0.25, -0.2) is 0 Å². The van der Waals surface area contributed by atoms with Crippen molar-refractivity contribution in [2.45, 2.75) is 25.5 Å².